The van der Waals surface area contributed by atoms with Gasteiger partial charge in [0.05, 0.1) is 11.2 Å². The molecular weight excluding hydrogens is 1460 g/mol. The number of pyridine rings is 5. The molecule has 12 rings (SSSR count). The summed E-state index contributed by atoms with van der Waals surface area (Å²) >= 11 is 13.2. The van der Waals surface area contributed by atoms with Crippen LogP contribution in [0.25, 0.3) is 0 Å². The predicted octanol–water partition coefficient (Wildman–Crippen LogP) is 12.6. The van der Waals surface area contributed by atoms with Crippen LogP contribution in [-0.2, 0) is 27.1 Å². The number of aromatic nitrogens is 5. The highest BCUT2D eigenvalue weighted by Crippen LogP contribution is 2.36. The lowest BCUT2D eigenvalue weighted by Gasteiger charge is -2.36. The molecule has 0 saturated carbocycles. The summed E-state index contributed by atoms with van der Waals surface area (Å²) in [6.45, 7) is 27.5. The first-order valence-corrected chi connectivity index (χ1v) is 33.9. The number of ether oxygens (including phenoxy) is 1. The van der Waals surface area contributed by atoms with Crippen molar-refractivity contribution in [2.24, 2.45) is 0 Å². The van der Waals surface area contributed by atoms with Crippen molar-refractivity contribution in [3.63, 3.8) is 0 Å². The Hall–Kier alpha value is -5.91. The number of piperazine rings is 4. The Morgan fingerprint density at radius 1 is 0.484 bits per heavy atom. The van der Waals surface area contributed by atoms with Crippen LogP contribution in [0.2, 0.25) is 0 Å². The number of nitrogens with one attached hydrogen (secondary N) is 1. The van der Waals surface area contributed by atoms with E-state index in [1.165, 1.54) is 48.7 Å². The quantitative estimate of drug-likeness (QED) is 0.0831. The van der Waals surface area contributed by atoms with Crippen molar-refractivity contribution >= 4 is 106 Å². The second kappa shape index (κ2) is 34.2. The summed E-state index contributed by atoms with van der Waals surface area (Å²) in [5.74, 6) is 1.45. The number of benzene rings is 2. The molecule has 5 aromatic heterocycles. The van der Waals surface area contributed by atoms with Crippen molar-refractivity contribution in [1.82, 2.24) is 44.9 Å². The minimum absolute atomic E-state index is 0.135. The molecule has 5 saturated heterocycles. The summed E-state index contributed by atoms with van der Waals surface area (Å²) in [6.07, 6.45) is 8.39. The Morgan fingerprint density at radius 2 is 0.828 bits per heavy atom. The van der Waals surface area contributed by atoms with Crippen LogP contribution in [0.15, 0.2) is 146 Å². The molecule has 2 aromatic carbocycles. The molecule has 17 nitrogen and oxygen atoms in total. The lowest BCUT2D eigenvalue weighted by Crippen LogP contribution is -2.50. The van der Waals surface area contributed by atoms with Gasteiger partial charge >= 0.3 is 13.2 Å². The van der Waals surface area contributed by atoms with Gasteiger partial charge in [0.2, 0.25) is 5.95 Å². The van der Waals surface area contributed by atoms with Crippen LogP contribution in [0.3, 0.4) is 0 Å². The minimum Gasteiger partial charge on any atom is -0.444 e. The third kappa shape index (κ3) is 22.1. The Kier molecular flexibility index (Phi) is 26.8. The fourth-order valence-electron chi connectivity index (χ4n) is 10.1. The molecule has 0 atom stereocenters. The number of halogens is 9. The first kappa shape index (κ1) is 72.9. The molecule has 1 amide bonds. The maximum Gasteiger partial charge on any atom is 0.496 e. The summed E-state index contributed by atoms with van der Waals surface area (Å²) in [7, 11) is -0.427. The number of hydrogen-bond acceptors (Lipinski definition) is 16. The van der Waals surface area contributed by atoms with E-state index >= 15 is 0 Å². The molecule has 0 bridgehead atoms. The highest BCUT2D eigenvalue weighted by atomic mass is 79.9. The van der Waals surface area contributed by atoms with Gasteiger partial charge in [0.1, 0.15) is 52.1 Å². The van der Waals surface area contributed by atoms with Gasteiger partial charge in [-0.1, -0.05) is 18.2 Å². The van der Waals surface area contributed by atoms with Crippen LogP contribution in [0, 0.1) is 29.2 Å². The number of rotatable bonds is 9. The number of amides is 1. The topological polar surface area (TPSA) is 144 Å². The van der Waals surface area contributed by atoms with Crippen LogP contribution >= 0.6 is 63.7 Å². The lowest BCUT2D eigenvalue weighted by molar-refractivity contribution is 0.00578. The van der Waals surface area contributed by atoms with Crippen molar-refractivity contribution in [2.45, 2.75) is 78.4 Å². The van der Waals surface area contributed by atoms with Crippen molar-refractivity contribution in [1.29, 1.82) is 0 Å². The van der Waals surface area contributed by atoms with Crippen molar-refractivity contribution in [2.75, 3.05) is 124 Å². The molecule has 5 aliphatic rings. The SMILES string of the molecule is Brc1ccc(N2CCNCC2)nc1.CC(C)(C)OC(=O)N1CCN(c2ccc(Br)cn2)CC1.CC1(C)OB(c2ccc(N3CCN(Cc4c(F)cccc4F)CC3)nc2)OC1(C)C.Fc1ccc(Br)cn1.Fc1cccc(F)c1CN1CCN(c2ccc(Br)cn2)CC1. The molecule has 0 spiro atoms. The summed E-state index contributed by atoms with van der Waals surface area (Å²) in [4.78, 5) is 47.8. The third-order valence-electron chi connectivity index (χ3n) is 16.1. The number of nitrogens with zero attached hydrogens (tertiary/aromatic N) is 12. The number of carbonyl (C=O) groups excluding carboxylic acids is 1. The van der Waals surface area contributed by atoms with Crippen LogP contribution in [0.1, 0.15) is 59.6 Å². The summed E-state index contributed by atoms with van der Waals surface area (Å²) < 4.78 is 88.4. The Bertz CT molecular complexity index is 3380. The second-order valence-electron chi connectivity index (χ2n) is 24.5. The first-order valence-electron chi connectivity index (χ1n) is 30.7. The Balaban J connectivity index is 0.000000158. The van der Waals surface area contributed by atoms with E-state index < -0.39 is 41.9 Å². The highest BCUT2D eigenvalue weighted by Gasteiger charge is 2.52. The van der Waals surface area contributed by atoms with Gasteiger partial charge in [0, 0.05) is 183 Å². The van der Waals surface area contributed by atoms with Crippen molar-refractivity contribution in [3.8, 4) is 0 Å². The standard InChI is InChI=1S/C22H28BF2N3O2.C16H16BrF2N3.C14H20BrN3O2.C9H12BrN3.C5H3BrFN/c1-21(2)22(3,4)30-23(29-21)16-8-9-20(26-14-16)28-12-10-27(11-13-28)15-17-18(24)6-5-7-19(17)25;17-12-4-5-16(20-10-12)22-8-6-21(7-9-22)11-13-14(18)2-1-3-15(13)19;1-14(2,3)20-13(19)18-8-6-17(7-9-18)12-5-4-11(15)10-16-12;10-8-1-2-9(12-7-8)13-5-3-11-4-6-13;6-4-1-2-5(7)8-3-4/h5-9,14H,10-13,15H2,1-4H3;1-5,10H,6-9,11H2;4-5,10H,6-9H2,1-3H3;1-2,7,11H,3-6H2;1-3H. The van der Waals surface area contributed by atoms with Crippen LogP contribution in [0.5, 0.6) is 0 Å². The molecule has 5 fully saturated rings. The van der Waals surface area contributed by atoms with E-state index in [-0.39, 0.29) is 35.0 Å². The van der Waals surface area contributed by atoms with Gasteiger partial charge in [-0.25, -0.2) is 47.3 Å². The van der Waals surface area contributed by atoms with Gasteiger partial charge in [0.15, 0.2) is 0 Å². The van der Waals surface area contributed by atoms with Gasteiger partial charge in [-0.15, -0.1) is 0 Å². The molecular formula is C66H79BBr4F5N13O4. The zero-order chi connectivity index (χ0) is 66.9. The largest absolute Gasteiger partial charge is 0.496 e. The summed E-state index contributed by atoms with van der Waals surface area (Å²) in [5, 5.41) is 3.32. The Morgan fingerprint density at radius 3 is 1.15 bits per heavy atom. The second-order valence-corrected chi connectivity index (χ2v) is 28.1. The van der Waals surface area contributed by atoms with E-state index in [1.807, 2.05) is 97.1 Å². The fourth-order valence-corrected chi connectivity index (χ4v) is 11.1. The van der Waals surface area contributed by atoms with Gasteiger partial charge in [0.25, 0.3) is 0 Å². The van der Waals surface area contributed by atoms with Crippen LogP contribution < -0.4 is 30.4 Å². The van der Waals surface area contributed by atoms with E-state index in [0.29, 0.717) is 32.7 Å². The average Bonchev–Trinajstić information content (AvgIpc) is 1.64. The van der Waals surface area contributed by atoms with Gasteiger partial charge in [-0.3, -0.25) is 9.80 Å². The smallest absolute Gasteiger partial charge is 0.444 e. The summed E-state index contributed by atoms with van der Waals surface area (Å²) in [6, 6.07) is 26.8. The maximum atomic E-state index is 13.9. The minimum atomic E-state index is -0.489. The Labute approximate surface area is 576 Å². The van der Waals surface area contributed by atoms with Gasteiger partial charge in [-0.2, -0.15) is 4.39 Å². The molecule has 0 aliphatic carbocycles. The molecule has 93 heavy (non-hydrogen) atoms. The van der Waals surface area contributed by atoms with E-state index in [2.05, 4.69) is 129 Å². The van der Waals surface area contributed by atoms with E-state index in [4.69, 9.17) is 14.0 Å². The molecule has 0 radical (unpaired) electrons. The summed E-state index contributed by atoms with van der Waals surface area (Å²) in [5.41, 5.74) is -0.0319. The van der Waals surface area contributed by atoms with Crippen molar-refractivity contribution < 1.29 is 40.8 Å². The van der Waals surface area contributed by atoms with E-state index in [1.54, 1.807) is 29.6 Å². The molecule has 498 valence electrons. The first-order chi connectivity index (χ1) is 44.3. The van der Waals surface area contributed by atoms with Gasteiger partial charge in [-0.05, 0) is 191 Å². The average molecular weight is 1540 g/mol. The van der Waals surface area contributed by atoms with E-state index in [9.17, 15) is 26.7 Å². The number of hydrogen-bond donors (Lipinski definition) is 1. The van der Waals surface area contributed by atoms with Crippen molar-refractivity contribution in [3.05, 3.63) is 186 Å². The van der Waals surface area contributed by atoms with E-state index in [0.717, 1.165) is 125 Å². The molecule has 5 aliphatic heterocycles. The predicted molar refractivity (Wildman–Crippen MR) is 370 cm³/mol. The monoisotopic (exact) mass is 1540 g/mol. The molecule has 27 heteroatoms. The highest BCUT2D eigenvalue weighted by molar-refractivity contribution is 9.11. The zero-order valence-corrected chi connectivity index (χ0v) is 59.7. The third-order valence-corrected chi connectivity index (χ3v) is 18.0. The lowest BCUT2D eigenvalue weighted by atomic mass is 9.80. The molecule has 7 aromatic rings. The normalized spacial score (nSPS) is 17.4. The van der Waals surface area contributed by atoms with Crippen LogP contribution in [-0.4, -0.2) is 174 Å². The number of carbonyl (C=O) groups is 1. The number of anilines is 4. The van der Waals surface area contributed by atoms with Gasteiger partial charge < -0.3 is 43.9 Å². The van der Waals surface area contributed by atoms with Crippen LogP contribution in [0.4, 0.5) is 50.0 Å². The fraction of sp³-hybridized carbons (Fsp3) is 0.424. The molecule has 1 N–H and O–H groups in total. The molecule has 10 heterocycles. The molecule has 0 unspecified atom stereocenters. The zero-order valence-electron chi connectivity index (χ0n) is 53.3. The maximum absolute atomic E-state index is 13.9.